The van der Waals surface area contributed by atoms with Crippen molar-refractivity contribution in [2.24, 2.45) is 0 Å². The fourth-order valence-corrected chi connectivity index (χ4v) is 21.3. The number of rotatable bonds is 40. The number of nitrogens with zero attached hydrogens (tertiary/aromatic N) is 12. The van der Waals surface area contributed by atoms with E-state index in [1.165, 1.54) is 31.4 Å². The van der Waals surface area contributed by atoms with Crippen LogP contribution in [0.2, 0.25) is 0 Å². The van der Waals surface area contributed by atoms with Gasteiger partial charge in [0.25, 0.3) is 22.2 Å². The second-order valence-electron chi connectivity index (χ2n) is 29.0. The smallest absolute Gasteiger partial charge is 0.382 e. The van der Waals surface area contributed by atoms with E-state index in [2.05, 4.69) is 29.9 Å². The van der Waals surface area contributed by atoms with Crippen molar-refractivity contribution in [2.75, 3.05) is 100 Å². The Hall–Kier alpha value is -7.59. The molecule has 0 amide bonds. The average molecular weight is 2020 g/mol. The van der Waals surface area contributed by atoms with E-state index in [9.17, 15) is 86.0 Å². The normalized spacial score (nSPS) is 32.0. The first-order valence-electron chi connectivity index (χ1n) is 38.1. The number of halogens is 1. The number of anilines is 2. The number of alkyl halides is 1. The molecule has 30 atom stereocenters. The zero-order chi connectivity index (χ0) is 94.5. The van der Waals surface area contributed by atoms with E-state index in [1.807, 2.05) is 19.9 Å². The summed E-state index contributed by atoms with van der Waals surface area (Å²) in [7, 11) is -14.6. The van der Waals surface area contributed by atoms with Crippen LogP contribution in [0.15, 0.2) is 113 Å². The van der Waals surface area contributed by atoms with Crippen molar-refractivity contribution in [1.29, 1.82) is 0 Å². The van der Waals surface area contributed by atoms with Crippen molar-refractivity contribution in [3.63, 3.8) is 0 Å². The molecule has 14 N–H and O–H groups in total. The molecule has 131 heavy (non-hydrogen) atoms. The highest BCUT2D eigenvalue weighted by atomic mass is 32.5. The number of H-pyrrole nitrogens is 4. The third-order valence-electron chi connectivity index (χ3n) is 20.9. The number of nitrogens with two attached hydrogens (primary N) is 2. The van der Waals surface area contributed by atoms with Crippen molar-refractivity contribution in [2.45, 2.75) is 147 Å². The number of imidazole rings is 2. The van der Waals surface area contributed by atoms with Gasteiger partial charge in [0.05, 0.1) is 52.3 Å². The van der Waals surface area contributed by atoms with Gasteiger partial charge in [-0.1, -0.05) is 0 Å². The van der Waals surface area contributed by atoms with E-state index in [0.29, 0.717) is 4.57 Å². The third-order valence-corrected chi connectivity index (χ3v) is 27.6. The first kappa shape index (κ1) is 99.4. The molecule has 0 spiro atoms. The number of aromatic nitrogens is 16. The van der Waals surface area contributed by atoms with Gasteiger partial charge in [-0.25, -0.2) is 67.2 Å². The molecule has 0 saturated carbocycles. The van der Waals surface area contributed by atoms with E-state index in [-0.39, 0.29) is 34.0 Å². The molecule has 0 aliphatic carbocycles. The number of ether oxygens (including phenoxy) is 12. The monoisotopic (exact) mass is 2020 g/mol. The summed E-state index contributed by atoms with van der Waals surface area (Å²) in [4.78, 5) is 204. The van der Waals surface area contributed by atoms with E-state index < -0.39 is 276 Å². The van der Waals surface area contributed by atoms with Gasteiger partial charge in [-0.2, -0.15) is 0 Å². The van der Waals surface area contributed by atoms with Gasteiger partial charge in [0.1, 0.15) is 127 Å². The number of phosphoric acid groups is 3. The van der Waals surface area contributed by atoms with Crippen molar-refractivity contribution in [1.82, 2.24) is 77.2 Å². The topological polar surface area (TPSA) is 761 Å². The fraction of sp³-hybridized carbons (Fsp3) is 0.587. The Morgan fingerprint density at radius 3 is 0.939 bits per heavy atom. The summed E-state index contributed by atoms with van der Waals surface area (Å²) in [5.74, 6) is -0.147. The zero-order valence-corrected chi connectivity index (χ0v) is 75.4. The minimum absolute atomic E-state index is 0.0411. The first-order valence-corrected chi connectivity index (χ1v) is 49.7. The van der Waals surface area contributed by atoms with Crippen LogP contribution in [-0.2, 0) is 148 Å². The molecule has 12 unspecified atom stereocenters. The molecule has 8 aromatic heterocycles. The summed E-state index contributed by atoms with van der Waals surface area (Å²) in [6.07, 6.45) is -33.6. The van der Waals surface area contributed by atoms with Crippen LogP contribution in [0.1, 0.15) is 37.4 Å². The number of nitrogens with one attached hydrogen (secondary N) is 4. The molecule has 6 aliphatic heterocycles. The molecule has 0 bridgehead atoms. The minimum atomic E-state index is -5.86. The van der Waals surface area contributed by atoms with E-state index >= 15 is 4.39 Å². The Bertz CT molecular complexity index is 6310. The van der Waals surface area contributed by atoms with E-state index in [0.717, 1.165) is 115 Å². The maximum atomic E-state index is 17.8. The van der Waals surface area contributed by atoms with Gasteiger partial charge >= 0.3 is 67.3 Å². The summed E-state index contributed by atoms with van der Waals surface area (Å²) in [5.41, 5.74) is 4.27. The van der Waals surface area contributed by atoms with Crippen molar-refractivity contribution in [3.05, 3.63) is 158 Å². The summed E-state index contributed by atoms with van der Waals surface area (Å²) in [5, 5.41) is 0. The highest BCUT2D eigenvalue weighted by Gasteiger charge is 2.59. The number of aromatic amines is 4. The minimum Gasteiger partial charge on any atom is -0.382 e. The fourth-order valence-electron chi connectivity index (χ4n) is 15.2. The molecule has 14 rings (SSSR count). The number of hydrogen-bond donors (Lipinski definition) is 12. The van der Waals surface area contributed by atoms with E-state index in [1.54, 1.807) is 0 Å². The second kappa shape index (κ2) is 40.4. The lowest BCUT2D eigenvalue weighted by atomic mass is 10.1. The van der Waals surface area contributed by atoms with Gasteiger partial charge in [-0.15, -0.1) is 0 Å². The van der Waals surface area contributed by atoms with Crippen LogP contribution in [0.25, 0.3) is 22.3 Å². The standard InChI is InChI=1S/C63H83FN18O41P6S2/c1-101-40-27(114-59(45(40)102-2)82-25-72-38-51(66)68-23-70-53(38)82)17-108-125(93,94)121-43-31(118-57(48(43)105-5)79-14-10-34(85)75-62(79)89)21-112-128(99,130)122-39-26(113-54(36(39)64)81-24-71-37-50(65)67-22-69-52(37)81)20-111-129(100,131)123-44-30(117-58(49(44)106-6)80-15-11-35(86)76-63(80)90)19-110-127(97,98)120-42-29(116-56(47(42)104-4)78-13-9-33(84)74-61(78)88)18-109-126(95,96)119-41-28(16-107-124(7,91)92)115-55(46(41)103-3)77-12-8-32(83)73-60(77)87/h8-15,22-31,36,39-49,54-59H,16-21H2,1-7H3,(H,91,92)(H,93,94)(H,95,96)(H,97,98)(H,99,130)(H,100,131)(H2,65,67,69)(H2,66,68,70)(H,73,83,87)(H,74,84,88)(H,75,85,89)(H,76,86,90)/t26-,27-,28-,29-,30-,31-,36?,39+,40+,41+,42+,43+,44+,45?,46?,47?,48?,49?,54-,55-,56-,57-,58-,59-,128?,129?/m1/s1. The Morgan fingerprint density at radius 2 is 0.626 bits per heavy atom. The number of phosphoric ester groups is 3. The summed E-state index contributed by atoms with van der Waals surface area (Å²) >= 11 is 11.1. The lowest BCUT2D eigenvalue weighted by Crippen LogP contribution is -2.41. The molecule has 6 fully saturated rings. The molecular weight excluding hydrogens is 1930 g/mol. The molecule has 59 nitrogen and oxygen atoms in total. The number of fused-ring (bicyclic) bond motifs is 2. The zero-order valence-electron chi connectivity index (χ0n) is 68.4. The van der Waals surface area contributed by atoms with Gasteiger partial charge in [-0.05, 0) is 23.6 Å². The van der Waals surface area contributed by atoms with Crippen LogP contribution in [0.3, 0.4) is 0 Å². The highest BCUT2D eigenvalue weighted by Crippen LogP contribution is 2.58. The van der Waals surface area contributed by atoms with Gasteiger partial charge in [0.15, 0.2) is 66.5 Å². The Kier molecular flexibility index (Phi) is 30.6. The third kappa shape index (κ3) is 22.1. The maximum Gasteiger partial charge on any atom is 0.472 e. The van der Waals surface area contributed by atoms with Crippen molar-refractivity contribution in [3.8, 4) is 0 Å². The highest BCUT2D eigenvalue weighted by molar-refractivity contribution is 8.07. The summed E-state index contributed by atoms with van der Waals surface area (Å²) in [6.45, 7) is -15.8. The second-order valence-corrected chi connectivity index (χ2v) is 40.7. The summed E-state index contributed by atoms with van der Waals surface area (Å²) in [6, 6.07) is 3.56. The molecule has 6 aliphatic rings. The molecule has 6 saturated heterocycles. The average Bonchev–Trinajstić information content (AvgIpc) is 1.63. The molecule has 0 radical (unpaired) electrons. The largest absolute Gasteiger partial charge is 0.472 e. The summed E-state index contributed by atoms with van der Waals surface area (Å²) < 4.78 is 212. The number of nitrogen functional groups attached to an aromatic ring is 2. The molecule has 0 aromatic carbocycles. The van der Waals surface area contributed by atoms with Crippen LogP contribution in [-0.4, -0.2) is 306 Å². The van der Waals surface area contributed by atoms with Crippen molar-refractivity contribution >= 4 is 102 Å². The quantitative estimate of drug-likeness (QED) is 0.0165. The van der Waals surface area contributed by atoms with Crippen LogP contribution in [0, 0.1) is 0 Å². The Balaban J connectivity index is 0.700. The van der Waals surface area contributed by atoms with Gasteiger partial charge in [0, 0.05) is 98.4 Å². The van der Waals surface area contributed by atoms with Crippen LogP contribution in [0.4, 0.5) is 16.0 Å². The predicted molar refractivity (Wildman–Crippen MR) is 436 cm³/mol. The lowest BCUT2D eigenvalue weighted by Gasteiger charge is -2.29. The first-order chi connectivity index (χ1) is 62.0. The number of methoxy groups -OCH3 is 6. The molecule has 8 aromatic rings. The Morgan fingerprint density at radius 1 is 0.366 bits per heavy atom. The molecule has 68 heteroatoms. The SMILES string of the molecule is COC1[C@@H](OP(=O)(O)OC[C@H]2O[C@@H](n3ccc(=O)[nH]c3=O)C(OC)[C@H]2OP(=O)(O)OC[C@H]2O[C@@H](n3ccc(=O)[nH]c3=O)C(OC)[C@H]2OP(O)(=S)OC[C@H]2O[C@@H](n3cnc4c(N)ncnc43)C(F)[C@H]2OP(O)(=S)OC[C@H]2O[C@@H](n3ccc(=O)[nH]c3=O)C(OC)[C@H]2OP(=O)(O)OC[C@H]2O[C@@H](n3cnc4c(N)ncnc43)C(OC)[C@H]2OC)[C@@H](COP(C)(=O)O)O[C@H]1n1ccc(=O)[nH]c1=O. The molecule has 720 valence electrons. The predicted octanol–water partition coefficient (Wildman–Crippen LogP) is -3.58. The van der Waals surface area contributed by atoms with Gasteiger partial charge in [0.2, 0.25) is 0 Å². The maximum absolute atomic E-state index is 17.8. The molecular formula is C63H83FN18O41P6S2. The van der Waals surface area contributed by atoms with Gasteiger partial charge < -0.3 is 111 Å². The van der Waals surface area contributed by atoms with E-state index in [4.69, 9.17) is 142 Å². The van der Waals surface area contributed by atoms with Gasteiger partial charge in [-0.3, -0.25) is 107 Å². The Labute approximate surface area is 740 Å². The van der Waals surface area contributed by atoms with Crippen LogP contribution >= 0.6 is 44.5 Å². The van der Waals surface area contributed by atoms with Crippen molar-refractivity contribution < 1.29 is 159 Å². The molecule has 14 heterocycles. The number of hydrogen-bond acceptors (Lipinski definition) is 45. The van der Waals surface area contributed by atoms with Crippen LogP contribution in [0.5, 0.6) is 0 Å². The van der Waals surface area contributed by atoms with Crippen LogP contribution < -0.4 is 56.5 Å². The lowest BCUT2D eigenvalue weighted by molar-refractivity contribution is -0.0672.